The molecule has 4 aliphatic rings. The van der Waals surface area contributed by atoms with E-state index in [-0.39, 0.29) is 63.9 Å². The van der Waals surface area contributed by atoms with E-state index in [9.17, 15) is 41.1 Å². The van der Waals surface area contributed by atoms with Crippen LogP contribution in [0.2, 0.25) is 0 Å². The lowest BCUT2D eigenvalue weighted by Gasteiger charge is -2.15. The van der Waals surface area contributed by atoms with Crippen LogP contribution in [-0.2, 0) is 27.3 Å². The zero-order valence-electron chi connectivity index (χ0n) is 72.2. The second-order valence-corrected chi connectivity index (χ2v) is 31.6. The van der Waals surface area contributed by atoms with Crippen molar-refractivity contribution in [1.29, 1.82) is 0 Å². The maximum Gasteiger partial charge on any atom is 0.291 e. The number of nitrogens with zero attached hydrogens (tertiary/aromatic N) is 10. The van der Waals surface area contributed by atoms with E-state index in [1.807, 2.05) is 44.3 Å². The molecule has 1 saturated carbocycles. The Morgan fingerprint density at radius 1 is 0.353 bits per heavy atom. The van der Waals surface area contributed by atoms with Gasteiger partial charge in [-0.2, -0.15) is 0 Å². The fourth-order valence-electron chi connectivity index (χ4n) is 16.2. The molecule has 3 atom stereocenters. The van der Waals surface area contributed by atoms with Crippen molar-refractivity contribution in [3.8, 4) is 108 Å². The smallest absolute Gasteiger partial charge is 0.291 e. The number of hydrogen-bond acceptors (Lipinski definition) is 20. The minimum Gasteiger partial charge on any atom is -0.495 e. The standard InChI is InChI=1S/C26H24FN3O4.C26H24FN3O3.C24H20F2N4O3.C24H21FN4O4/c1-32-21-5-3-2-4-20(21)29-26(31)23-11-10-22(34-23)25-24(18-6-8-19(27)9-7-18)28-16-30(25)14-17-12-13-33-15-17;1-32-21-9-5-4-8-20(21)29-26(31)23-15-14-22(33-23)25-24(17-10-12-18(27)13-11-17)28-16-30(25)19-6-2-3-7-19;25-17-3-1-16(2-4-17)22-23(30(14-28-22)12-15-8-10-32-13-15)20-5-6-21(33-20)24(31)29-19-7-9-27-11-18(19)26;1-31-21-12-26-10-8-18(21)28-24(30)20-7-6-19(33-20)23-22(15-2-4-16(25)5-3-15)27-14-29(23)17-9-11-32-13-17/h2-11,16-17H,12-15H2,1H3,(H,29,31);4-5,8-16,19H,2-3,6-7H2,1H3,(H,29,31);1-7,9,11,14-15H,8,10,12-13H2,(H,27,29,31);2-8,10,12,14,17H,9,11,13H2,1H3,(H,26,28,30). The number of amides is 4. The van der Waals surface area contributed by atoms with Crippen molar-refractivity contribution >= 4 is 46.4 Å². The number of ether oxygens (including phenoxy) is 6. The lowest BCUT2D eigenvalue weighted by atomic mass is 10.1. The molecule has 1 aliphatic carbocycles. The highest BCUT2D eigenvalue weighted by atomic mass is 19.1. The van der Waals surface area contributed by atoms with Crippen LogP contribution < -0.4 is 35.5 Å². The lowest BCUT2D eigenvalue weighted by molar-refractivity contribution is 0.0989. The minimum absolute atomic E-state index is 0.00577. The Kier molecular flexibility index (Phi) is 27.8. The first-order valence-corrected chi connectivity index (χ1v) is 43.0. The molecule has 4 amide bonds. The number of halogens is 5. The lowest BCUT2D eigenvalue weighted by Crippen LogP contribution is -2.12. The van der Waals surface area contributed by atoms with Gasteiger partial charge in [0, 0.05) is 85.4 Å². The third kappa shape index (κ3) is 20.8. The van der Waals surface area contributed by atoms with Gasteiger partial charge in [0.2, 0.25) is 0 Å². The topological polar surface area (TPSA) is 321 Å². The number of rotatable bonds is 25. The number of furan rings is 4. The van der Waals surface area contributed by atoms with E-state index < -0.39 is 23.5 Å². The van der Waals surface area contributed by atoms with Crippen molar-refractivity contribution in [3.63, 3.8) is 0 Å². The Morgan fingerprint density at radius 3 is 1.07 bits per heavy atom. The van der Waals surface area contributed by atoms with Crippen LogP contribution >= 0.6 is 0 Å². The summed E-state index contributed by atoms with van der Waals surface area (Å²) >= 11 is 0. The number of aromatic nitrogens is 10. The Hall–Kier alpha value is -15.6. The molecule has 3 aliphatic heterocycles. The summed E-state index contributed by atoms with van der Waals surface area (Å²) in [6.07, 6.45) is 19.7. The Bertz CT molecular complexity index is 6510. The summed E-state index contributed by atoms with van der Waals surface area (Å²) in [5.74, 6) is 0.947. The van der Waals surface area contributed by atoms with Gasteiger partial charge in [0.15, 0.2) is 57.6 Å². The fraction of sp³-hybridized carbons (Fsp3) is 0.220. The summed E-state index contributed by atoms with van der Waals surface area (Å²) in [4.78, 5) is 77.2. The van der Waals surface area contributed by atoms with Crippen LogP contribution in [-0.4, -0.2) is 133 Å². The van der Waals surface area contributed by atoms with Crippen LogP contribution in [0.5, 0.6) is 17.2 Å². The van der Waals surface area contributed by atoms with Crippen LogP contribution in [0.25, 0.3) is 90.8 Å². The molecule has 0 spiro atoms. The molecule has 6 aromatic carbocycles. The molecular formula is C100H89F5N14O14. The van der Waals surface area contributed by atoms with E-state index >= 15 is 0 Å². The van der Waals surface area contributed by atoms with Crippen LogP contribution in [0, 0.1) is 40.9 Å². The van der Waals surface area contributed by atoms with Gasteiger partial charge < -0.3 is 85.6 Å². The summed E-state index contributed by atoms with van der Waals surface area (Å²) in [6.45, 7) is 5.39. The van der Waals surface area contributed by atoms with E-state index in [0.717, 1.165) is 79.6 Å². The normalized spacial score (nSPS) is 15.1. The van der Waals surface area contributed by atoms with E-state index in [1.54, 1.807) is 161 Å². The predicted molar refractivity (Wildman–Crippen MR) is 484 cm³/mol. The zero-order chi connectivity index (χ0) is 91.9. The van der Waals surface area contributed by atoms with Gasteiger partial charge in [0.05, 0.1) is 130 Å². The molecule has 678 valence electrons. The number of imidazole rings is 4. The number of nitrogens with one attached hydrogen (secondary N) is 4. The molecule has 33 heteroatoms. The predicted octanol–water partition coefficient (Wildman–Crippen LogP) is 20.9. The van der Waals surface area contributed by atoms with Gasteiger partial charge in [-0.15, -0.1) is 0 Å². The molecule has 0 radical (unpaired) electrons. The highest BCUT2D eigenvalue weighted by Crippen LogP contribution is 2.43. The van der Waals surface area contributed by atoms with Gasteiger partial charge >= 0.3 is 0 Å². The molecule has 16 aromatic rings. The average molecular weight is 1810 g/mol. The highest BCUT2D eigenvalue weighted by Gasteiger charge is 2.32. The Balaban J connectivity index is 0.000000124. The number of hydrogen-bond donors (Lipinski definition) is 4. The fourth-order valence-corrected chi connectivity index (χ4v) is 16.2. The summed E-state index contributed by atoms with van der Waals surface area (Å²) < 4.78 is 132. The maximum absolute atomic E-state index is 13.9. The molecular weight excluding hydrogens is 1720 g/mol. The summed E-state index contributed by atoms with van der Waals surface area (Å²) in [6, 6.07) is 55.7. The third-order valence-corrected chi connectivity index (χ3v) is 22.9. The number of benzene rings is 6. The van der Waals surface area contributed by atoms with Gasteiger partial charge in [-0.1, -0.05) is 37.1 Å². The molecule has 13 heterocycles. The van der Waals surface area contributed by atoms with Crippen LogP contribution in [0.1, 0.15) is 99.2 Å². The van der Waals surface area contributed by atoms with Crippen LogP contribution in [0.4, 0.5) is 44.7 Å². The highest BCUT2D eigenvalue weighted by molar-refractivity contribution is 6.06. The second kappa shape index (κ2) is 41.4. The molecule has 28 nitrogen and oxygen atoms in total. The molecule has 3 unspecified atom stereocenters. The van der Waals surface area contributed by atoms with Gasteiger partial charge in [-0.05, 0) is 214 Å². The van der Waals surface area contributed by atoms with E-state index in [4.69, 9.17) is 46.1 Å². The third-order valence-electron chi connectivity index (χ3n) is 22.9. The van der Waals surface area contributed by atoms with Crippen molar-refractivity contribution in [3.05, 3.63) is 308 Å². The number of pyridine rings is 2. The van der Waals surface area contributed by atoms with E-state index in [2.05, 4.69) is 55.7 Å². The molecule has 20 rings (SSSR count). The maximum atomic E-state index is 13.9. The summed E-state index contributed by atoms with van der Waals surface area (Å²) in [5, 5.41) is 10.9. The first-order valence-electron chi connectivity index (χ1n) is 43.0. The number of carbonyl (C=O) groups is 4. The monoisotopic (exact) mass is 1800 g/mol. The van der Waals surface area contributed by atoms with Gasteiger partial charge in [-0.25, -0.2) is 41.9 Å². The van der Waals surface area contributed by atoms with Gasteiger partial charge in [-0.3, -0.25) is 29.1 Å². The largest absolute Gasteiger partial charge is 0.495 e. The number of carbonyl (C=O) groups excluding carboxylic acids is 4. The first kappa shape index (κ1) is 89.4. The summed E-state index contributed by atoms with van der Waals surface area (Å²) in [7, 11) is 4.60. The average Bonchev–Trinajstić information content (AvgIpc) is 1.63. The number of anilines is 4. The van der Waals surface area contributed by atoms with Crippen molar-refractivity contribution in [2.75, 3.05) is 82.2 Å². The van der Waals surface area contributed by atoms with Gasteiger partial charge in [0.1, 0.15) is 57.5 Å². The second-order valence-electron chi connectivity index (χ2n) is 31.6. The van der Waals surface area contributed by atoms with E-state index in [0.29, 0.717) is 154 Å². The Labute approximate surface area is 758 Å². The SMILES string of the molecule is COc1ccccc1NC(=O)c1ccc(-c2c(-c3ccc(F)cc3)ncn2C2CCCC2)o1.COc1ccccc1NC(=O)c1ccc(-c2c(-c3ccc(F)cc3)ncn2CC2CCOC2)o1.COc1cnccc1NC(=O)c1ccc(-c2c(-c3ccc(F)cc3)ncn2C2CCOC2)o1.O=C(Nc1ccncc1F)c1ccc(-c2c(-c3ccc(F)cc3)ncn2CC2CCOC2)o1. The van der Waals surface area contributed by atoms with Crippen LogP contribution in [0.15, 0.2) is 274 Å². The summed E-state index contributed by atoms with van der Waals surface area (Å²) in [5.41, 5.74) is 10.1. The molecule has 133 heavy (non-hydrogen) atoms. The van der Waals surface area contributed by atoms with Crippen LogP contribution in [0.3, 0.4) is 0 Å². The van der Waals surface area contributed by atoms with Crippen molar-refractivity contribution in [2.24, 2.45) is 11.8 Å². The quantitative estimate of drug-likeness (QED) is 0.0386. The van der Waals surface area contributed by atoms with Crippen molar-refractivity contribution < 1.29 is 87.2 Å². The van der Waals surface area contributed by atoms with Gasteiger partial charge in [0.25, 0.3) is 23.6 Å². The zero-order valence-corrected chi connectivity index (χ0v) is 72.2. The van der Waals surface area contributed by atoms with Crippen molar-refractivity contribution in [1.82, 2.24) is 48.2 Å². The Morgan fingerprint density at radius 2 is 0.692 bits per heavy atom. The molecule has 3 saturated heterocycles. The molecule has 0 bridgehead atoms. The van der Waals surface area contributed by atoms with E-state index in [1.165, 1.54) is 93.0 Å². The first-order chi connectivity index (χ1) is 65.0. The molecule has 10 aromatic heterocycles. The minimum atomic E-state index is -0.645. The number of para-hydroxylation sites is 4. The molecule has 4 fully saturated rings. The van der Waals surface area contributed by atoms with Crippen molar-refractivity contribution in [2.45, 2.75) is 70.1 Å². The number of methoxy groups -OCH3 is 3. The molecule has 4 N–H and O–H groups in total.